The number of nitrogens with one attached hydrogen (secondary N) is 1. The highest BCUT2D eigenvalue weighted by molar-refractivity contribution is 7.84. The molecule has 1 rings (SSSR count). The van der Waals surface area contributed by atoms with E-state index in [1.54, 1.807) is 12.3 Å². The molecule has 90 valence electrons. The second kappa shape index (κ2) is 6.81. The third-order valence-electron chi connectivity index (χ3n) is 1.91. The van der Waals surface area contributed by atoms with Gasteiger partial charge in [-0.15, -0.1) is 0 Å². The first kappa shape index (κ1) is 13.4. The molecule has 0 radical (unpaired) electrons. The average molecular weight is 262 g/mol. The van der Waals surface area contributed by atoms with Crippen molar-refractivity contribution in [3.8, 4) is 0 Å². The van der Waals surface area contributed by atoms with E-state index in [2.05, 4.69) is 22.2 Å². The maximum atomic E-state index is 10.9. The first-order valence-corrected chi connectivity index (χ1v) is 7.29. The minimum atomic E-state index is -0.792. The van der Waals surface area contributed by atoms with Gasteiger partial charge in [0.1, 0.15) is 16.8 Å². The molecule has 0 aliphatic carbocycles. The van der Waals surface area contributed by atoms with Crippen molar-refractivity contribution in [3.05, 3.63) is 17.0 Å². The van der Waals surface area contributed by atoms with Gasteiger partial charge in [-0.25, -0.2) is 9.97 Å². The van der Waals surface area contributed by atoms with Gasteiger partial charge in [-0.3, -0.25) is 4.21 Å². The van der Waals surface area contributed by atoms with E-state index in [1.807, 2.05) is 0 Å². The van der Waals surface area contributed by atoms with Crippen LogP contribution in [-0.4, -0.2) is 32.7 Å². The molecule has 1 atom stereocenters. The molecule has 16 heavy (non-hydrogen) atoms. The Morgan fingerprint density at radius 3 is 2.88 bits per heavy atom. The van der Waals surface area contributed by atoms with Gasteiger partial charge in [-0.05, 0) is 6.42 Å². The lowest BCUT2D eigenvalue weighted by molar-refractivity contribution is 0.687. The van der Waals surface area contributed by atoms with E-state index in [-0.39, 0.29) is 0 Å². The zero-order chi connectivity index (χ0) is 12.0. The molecule has 1 aromatic rings. The van der Waals surface area contributed by atoms with Crippen molar-refractivity contribution in [2.24, 2.45) is 0 Å². The van der Waals surface area contributed by atoms with Gasteiger partial charge in [0.05, 0.1) is 0 Å². The van der Waals surface area contributed by atoms with Crippen molar-refractivity contribution in [1.29, 1.82) is 0 Å². The molecule has 0 aliphatic rings. The van der Waals surface area contributed by atoms with Crippen LogP contribution < -0.4 is 5.32 Å². The van der Waals surface area contributed by atoms with Gasteiger partial charge < -0.3 is 5.32 Å². The smallest absolute Gasteiger partial charge is 0.134 e. The summed E-state index contributed by atoms with van der Waals surface area (Å²) < 4.78 is 10.9. The van der Waals surface area contributed by atoms with E-state index in [1.165, 1.54) is 0 Å². The van der Waals surface area contributed by atoms with Crippen LogP contribution in [0, 0.1) is 0 Å². The molecular formula is C10H16ClN3OS. The molecule has 1 aromatic heterocycles. The van der Waals surface area contributed by atoms with E-state index in [9.17, 15) is 4.21 Å². The van der Waals surface area contributed by atoms with Crippen LogP contribution in [0.25, 0.3) is 0 Å². The number of nitrogens with zero attached hydrogens (tertiary/aromatic N) is 2. The molecule has 1 N–H and O–H groups in total. The summed E-state index contributed by atoms with van der Waals surface area (Å²) in [5.74, 6) is 2.05. The van der Waals surface area contributed by atoms with Crippen molar-refractivity contribution in [2.75, 3.05) is 23.9 Å². The lowest BCUT2D eigenvalue weighted by Crippen LogP contribution is -2.11. The topological polar surface area (TPSA) is 54.9 Å². The summed E-state index contributed by atoms with van der Waals surface area (Å²) in [6.07, 6.45) is 3.48. The van der Waals surface area contributed by atoms with Gasteiger partial charge in [0.15, 0.2) is 0 Å². The Kier molecular flexibility index (Phi) is 5.69. The van der Waals surface area contributed by atoms with Crippen LogP contribution >= 0.6 is 11.6 Å². The molecule has 0 aliphatic heterocycles. The fourth-order valence-electron chi connectivity index (χ4n) is 1.21. The Morgan fingerprint density at radius 2 is 2.25 bits per heavy atom. The molecule has 0 amide bonds. The summed E-state index contributed by atoms with van der Waals surface area (Å²) >= 11 is 5.88. The molecule has 0 spiro atoms. The largest absolute Gasteiger partial charge is 0.369 e. The summed E-state index contributed by atoms with van der Waals surface area (Å²) in [4.78, 5) is 8.44. The average Bonchev–Trinajstić information content (AvgIpc) is 2.16. The first-order chi connectivity index (χ1) is 7.61. The second-order valence-electron chi connectivity index (χ2n) is 3.45. The summed E-state index contributed by atoms with van der Waals surface area (Å²) in [6.45, 7) is 2.69. The molecular weight excluding hydrogens is 246 g/mol. The van der Waals surface area contributed by atoms with Gasteiger partial charge in [0.2, 0.25) is 0 Å². The highest BCUT2D eigenvalue weighted by Gasteiger charge is 2.02. The fourth-order valence-corrected chi connectivity index (χ4v) is 1.80. The second-order valence-corrected chi connectivity index (χ2v) is 5.39. The van der Waals surface area contributed by atoms with Crippen molar-refractivity contribution in [2.45, 2.75) is 19.8 Å². The Hall–Kier alpha value is -0.680. The minimum Gasteiger partial charge on any atom is -0.369 e. The molecule has 0 aromatic carbocycles. The van der Waals surface area contributed by atoms with Crippen molar-refractivity contribution >= 4 is 28.2 Å². The number of aryl methyl sites for hydroxylation is 1. The molecule has 0 saturated heterocycles. The Balaban J connectivity index is 2.61. The summed E-state index contributed by atoms with van der Waals surface area (Å²) in [7, 11) is -0.792. The van der Waals surface area contributed by atoms with Crippen LogP contribution in [0.5, 0.6) is 0 Å². The first-order valence-electron chi connectivity index (χ1n) is 5.19. The Morgan fingerprint density at radius 1 is 1.50 bits per heavy atom. The standard InChI is InChI=1S/C10H16ClN3OS/c1-3-4-9-13-8(11)7-10(14-9)12-5-6-16(2)15/h7H,3-6H2,1-2H3,(H,12,13,14). The highest BCUT2D eigenvalue weighted by Crippen LogP contribution is 2.12. The molecule has 1 heterocycles. The predicted molar refractivity (Wildman–Crippen MR) is 68.5 cm³/mol. The molecule has 4 nitrogen and oxygen atoms in total. The van der Waals surface area contributed by atoms with Crippen LogP contribution in [-0.2, 0) is 17.2 Å². The highest BCUT2D eigenvalue weighted by atomic mass is 35.5. The van der Waals surface area contributed by atoms with Crippen LogP contribution in [0.1, 0.15) is 19.2 Å². The maximum Gasteiger partial charge on any atom is 0.134 e. The molecule has 0 saturated carbocycles. The number of rotatable bonds is 6. The normalized spacial score (nSPS) is 12.4. The maximum absolute atomic E-state index is 10.9. The Bertz CT molecular complexity index is 373. The van der Waals surface area contributed by atoms with E-state index < -0.39 is 10.8 Å². The SMILES string of the molecule is CCCc1nc(Cl)cc(NCCS(C)=O)n1. The Labute approximate surface area is 103 Å². The fraction of sp³-hybridized carbons (Fsp3) is 0.600. The monoisotopic (exact) mass is 261 g/mol. The summed E-state index contributed by atoms with van der Waals surface area (Å²) in [5.41, 5.74) is 0. The zero-order valence-electron chi connectivity index (χ0n) is 9.49. The number of hydrogen-bond acceptors (Lipinski definition) is 4. The van der Waals surface area contributed by atoms with Crippen LogP contribution in [0.3, 0.4) is 0 Å². The van der Waals surface area contributed by atoms with E-state index in [4.69, 9.17) is 11.6 Å². The van der Waals surface area contributed by atoms with Crippen molar-refractivity contribution < 1.29 is 4.21 Å². The zero-order valence-corrected chi connectivity index (χ0v) is 11.1. The van der Waals surface area contributed by atoms with Gasteiger partial charge in [-0.2, -0.15) is 0 Å². The van der Waals surface area contributed by atoms with Crippen LogP contribution in [0.2, 0.25) is 5.15 Å². The molecule has 6 heteroatoms. The lowest BCUT2D eigenvalue weighted by Gasteiger charge is -2.06. The van der Waals surface area contributed by atoms with Crippen LogP contribution in [0.4, 0.5) is 5.82 Å². The number of hydrogen-bond donors (Lipinski definition) is 1. The van der Waals surface area contributed by atoms with Gasteiger partial charge >= 0.3 is 0 Å². The number of aromatic nitrogens is 2. The van der Waals surface area contributed by atoms with Crippen molar-refractivity contribution in [1.82, 2.24) is 9.97 Å². The van der Waals surface area contributed by atoms with Crippen LogP contribution in [0.15, 0.2) is 6.07 Å². The number of anilines is 1. The third kappa shape index (κ3) is 4.90. The van der Waals surface area contributed by atoms with Gasteiger partial charge in [-0.1, -0.05) is 18.5 Å². The molecule has 1 unspecified atom stereocenters. The van der Waals surface area contributed by atoms with E-state index in [0.717, 1.165) is 18.7 Å². The molecule has 0 fully saturated rings. The quantitative estimate of drug-likeness (QED) is 0.795. The van der Waals surface area contributed by atoms with E-state index >= 15 is 0 Å². The summed E-state index contributed by atoms with van der Waals surface area (Å²) in [5, 5.41) is 3.53. The number of halogens is 1. The summed E-state index contributed by atoms with van der Waals surface area (Å²) in [6, 6.07) is 1.68. The van der Waals surface area contributed by atoms with Gasteiger partial charge in [0, 0.05) is 41.8 Å². The van der Waals surface area contributed by atoms with Gasteiger partial charge in [0.25, 0.3) is 0 Å². The lowest BCUT2D eigenvalue weighted by atomic mass is 10.3. The minimum absolute atomic E-state index is 0.443. The predicted octanol–water partition coefficient (Wildman–Crippen LogP) is 1.87. The van der Waals surface area contributed by atoms with Crippen molar-refractivity contribution in [3.63, 3.8) is 0 Å². The van der Waals surface area contributed by atoms with E-state index in [0.29, 0.717) is 23.3 Å². The third-order valence-corrected chi connectivity index (χ3v) is 2.88. The molecule has 0 bridgehead atoms.